The zero-order valence-corrected chi connectivity index (χ0v) is 15.7. The highest BCUT2D eigenvalue weighted by molar-refractivity contribution is 7.92. The summed E-state index contributed by atoms with van der Waals surface area (Å²) in [6.07, 6.45) is 0. The number of amidine groups is 1. The first-order valence-electron chi connectivity index (χ1n) is 7.43. The lowest BCUT2D eigenvalue weighted by atomic mass is 10.2. The van der Waals surface area contributed by atoms with Gasteiger partial charge in [0.15, 0.2) is 5.84 Å². The molecule has 1 N–H and O–H groups in total. The van der Waals surface area contributed by atoms with Crippen LogP contribution in [0.1, 0.15) is 11.1 Å². The van der Waals surface area contributed by atoms with Crippen molar-refractivity contribution in [3.05, 3.63) is 82.2 Å². The Labute approximate surface area is 155 Å². The van der Waals surface area contributed by atoms with E-state index < -0.39 is 10.0 Å². The van der Waals surface area contributed by atoms with Crippen molar-refractivity contribution in [3.63, 3.8) is 0 Å². The maximum atomic E-state index is 12.5. The summed E-state index contributed by atoms with van der Waals surface area (Å²) in [5.74, 6) is 0.244. The first-order chi connectivity index (χ1) is 12.0. The summed E-state index contributed by atoms with van der Waals surface area (Å²) >= 11 is 7.29. The van der Waals surface area contributed by atoms with E-state index in [-0.39, 0.29) is 10.0 Å². The maximum Gasteiger partial charge on any atom is 0.293 e. The predicted molar refractivity (Wildman–Crippen MR) is 104 cm³/mol. The maximum absolute atomic E-state index is 12.5. The van der Waals surface area contributed by atoms with Gasteiger partial charge in [-0.2, -0.15) is 8.42 Å². The average molecular weight is 391 g/mol. The highest BCUT2D eigenvalue weighted by atomic mass is 35.5. The zero-order chi connectivity index (χ0) is 17.9. The van der Waals surface area contributed by atoms with Crippen molar-refractivity contribution in [1.29, 1.82) is 0 Å². The Hall–Kier alpha value is -2.15. The van der Waals surface area contributed by atoms with Gasteiger partial charge in [-0.25, -0.2) is 0 Å². The Bertz CT molecular complexity index is 999. The Kier molecular flexibility index (Phi) is 5.22. The Morgan fingerprint density at radius 1 is 1.08 bits per heavy atom. The summed E-state index contributed by atoms with van der Waals surface area (Å²) in [6, 6.07) is 17.8. The third-order valence-corrected chi connectivity index (χ3v) is 6.50. The number of thiophene rings is 1. The first kappa shape index (κ1) is 17.7. The number of halogens is 1. The minimum Gasteiger partial charge on any atom is -0.339 e. The highest BCUT2D eigenvalue weighted by Crippen LogP contribution is 2.23. The fraction of sp³-hybridized carbons (Fsp3) is 0.0556. The Morgan fingerprint density at radius 3 is 2.48 bits per heavy atom. The van der Waals surface area contributed by atoms with E-state index in [1.54, 1.807) is 29.6 Å². The summed E-state index contributed by atoms with van der Waals surface area (Å²) in [6.45, 7) is 1.90. The van der Waals surface area contributed by atoms with Gasteiger partial charge in [-0.15, -0.1) is 15.7 Å². The molecule has 0 saturated heterocycles. The van der Waals surface area contributed by atoms with Crippen molar-refractivity contribution >= 4 is 44.5 Å². The number of nitrogens with one attached hydrogen (secondary N) is 1. The van der Waals surface area contributed by atoms with Crippen molar-refractivity contribution in [2.45, 2.75) is 11.1 Å². The SMILES string of the molecule is Cc1ccc(NC(=NS(=O)(=O)c2cccs2)c2ccccc2)cc1Cl. The Morgan fingerprint density at radius 2 is 1.84 bits per heavy atom. The van der Waals surface area contributed by atoms with Crippen LogP contribution in [-0.4, -0.2) is 14.3 Å². The second-order valence-electron chi connectivity index (χ2n) is 5.30. The fourth-order valence-corrected chi connectivity index (χ4v) is 4.25. The molecule has 0 aliphatic rings. The van der Waals surface area contributed by atoms with Crippen LogP contribution in [0.2, 0.25) is 5.02 Å². The largest absolute Gasteiger partial charge is 0.339 e. The molecule has 0 aliphatic carbocycles. The molecule has 0 amide bonds. The lowest BCUT2D eigenvalue weighted by molar-refractivity contribution is 0.600. The fourth-order valence-electron chi connectivity index (χ4n) is 2.13. The number of rotatable bonds is 4. The number of hydrogen-bond acceptors (Lipinski definition) is 3. The van der Waals surface area contributed by atoms with Crippen molar-refractivity contribution in [1.82, 2.24) is 0 Å². The van der Waals surface area contributed by atoms with Crippen LogP contribution in [0, 0.1) is 6.92 Å². The molecule has 1 heterocycles. The molecule has 1 aromatic heterocycles. The predicted octanol–water partition coefficient (Wildman–Crippen LogP) is 4.96. The molecule has 3 aromatic rings. The quantitative estimate of drug-likeness (QED) is 0.506. The molecule has 7 heteroatoms. The lowest BCUT2D eigenvalue weighted by Crippen LogP contribution is -2.16. The van der Waals surface area contributed by atoms with Gasteiger partial charge < -0.3 is 5.32 Å². The van der Waals surface area contributed by atoms with Gasteiger partial charge in [0.2, 0.25) is 0 Å². The van der Waals surface area contributed by atoms with Gasteiger partial charge in [-0.1, -0.05) is 54.1 Å². The van der Waals surface area contributed by atoms with Crippen LogP contribution in [-0.2, 0) is 10.0 Å². The number of anilines is 1. The third kappa shape index (κ3) is 4.28. The van der Waals surface area contributed by atoms with Crippen LogP contribution in [0.5, 0.6) is 0 Å². The minimum atomic E-state index is -3.79. The molecule has 0 unspecified atom stereocenters. The van der Waals surface area contributed by atoms with E-state index in [4.69, 9.17) is 11.6 Å². The van der Waals surface area contributed by atoms with Crippen molar-refractivity contribution in [2.24, 2.45) is 4.40 Å². The van der Waals surface area contributed by atoms with Crippen molar-refractivity contribution < 1.29 is 8.42 Å². The van der Waals surface area contributed by atoms with Crippen LogP contribution in [0.4, 0.5) is 5.69 Å². The summed E-state index contributed by atoms with van der Waals surface area (Å²) in [4.78, 5) is 0. The first-order valence-corrected chi connectivity index (χ1v) is 10.1. The normalized spacial score (nSPS) is 12.2. The second kappa shape index (κ2) is 7.39. The smallest absolute Gasteiger partial charge is 0.293 e. The summed E-state index contributed by atoms with van der Waals surface area (Å²) in [5.41, 5.74) is 2.27. The van der Waals surface area contributed by atoms with E-state index in [1.807, 2.05) is 37.3 Å². The van der Waals surface area contributed by atoms with E-state index in [9.17, 15) is 8.42 Å². The van der Waals surface area contributed by atoms with Gasteiger partial charge in [0.1, 0.15) is 4.21 Å². The standard InChI is InChI=1S/C18H15ClN2O2S2/c1-13-9-10-15(12-16(13)19)20-18(14-6-3-2-4-7-14)21-25(22,23)17-8-5-11-24-17/h2-12H,1H3,(H,20,21). The second-order valence-corrected chi connectivity index (χ2v) is 8.49. The highest BCUT2D eigenvalue weighted by Gasteiger charge is 2.17. The summed E-state index contributed by atoms with van der Waals surface area (Å²) < 4.78 is 29.3. The Balaban J connectivity index is 2.04. The van der Waals surface area contributed by atoms with E-state index in [1.165, 1.54) is 6.07 Å². The molecular formula is C18H15ClN2O2S2. The number of nitrogens with zero attached hydrogens (tertiary/aromatic N) is 1. The van der Waals surface area contributed by atoms with E-state index in [0.29, 0.717) is 16.3 Å². The topological polar surface area (TPSA) is 58.5 Å². The molecular weight excluding hydrogens is 376 g/mol. The summed E-state index contributed by atoms with van der Waals surface area (Å²) in [7, 11) is -3.79. The van der Waals surface area contributed by atoms with Gasteiger partial charge >= 0.3 is 0 Å². The number of aryl methyl sites for hydroxylation is 1. The van der Waals surface area contributed by atoms with Crippen LogP contribution < -0.4 is 5.32 Å². The zero-order valence-electron chi connectivity index (χ0n) is 13.3. The minimum absolute atomic E-state index is 0.199. The van der Waals surface area contributed by atoms with Gasteiger partial charge in [0.05, 0.1) is 0 Å². The molecule has 0 radical (unpaired) electrons. The lowest BCUT2D eigenvalue weighted by Gasteiger charge is -2.11. The molecule has 0 bridgehead atoms. The van der Waals surface area contributed by atoms with Crippen LogP contribution >= 0.6 is 22.9 Å². The van der Waals surface area contributed by atoms with Gasteiger partial charge in [-0.3, -0.25) is 0 Å². The molecule has 0 fully saturated rings. The number of hydrogen-bond donors (Lipinski definition) is 1. The molecule has 3 rings (SSSR count). The van der Waals surface area contributed by atoms with E-state index >= 15 is 0 Å². The number of sulfonamides is 1. The molecule has 0 saturated carbocycles. The van der Waals surface area contributed by atoms with Gasteiger partial charge in [0, 0.05) is 16.3 Å². The average Bonchev–Trinajstić information content (AvgIpc) is 3.14. The molecule has 25 heavy (non-hydrogen) atoms. The van der Waals surface area contributed by atoms with E-state index in [2.05, 4.69) is 9.71 Å². The number of benzene rings is 2. The molecule has 0 spiro atoms. The van der Waals surface area contributed by atoms with E-state index in [0.717, 1.165) is 16.9 Å². The van der Waals surface area contributed by atoms with Crippen molar-refractivity contribution in [3.8, 4) is 0 Å². The molecule has 0 aliphatic heterocycles. The molecule has 128 valence electrons. The third-order valence-electron chi connectivity index (χ3n) is 3.44. The van der Waals surface area contributed by atoms with Gasteiger partial charge in [-0.05, 0) is 36.1 Å². The molecule has 4 nitrogen and oxygen atoms in total. The van der Waals surface area contributed by atoms with Crippen LogP contribution in [0.3, 0.4) is 0 Å². The van der Waals surface area contributed by atoms with Crippen LogP contribution in [0.15, 0.2) is 74.7 Å². The summed E-state index contributed by atoms with van der Waals surface area (Å²) in [5, 5.41) is 5.37. The van der Waals surface area contributed by atoms with Crippen molar-refractivity contribution in [2.75, 3.05) is 5.32 Å². The molecule has 0 atom stereocenters. The molecule has 2 aromatic carbocycles. The monoisotopic (exact) mass is 390 g/mol. The van der Waals surface area contributed by atoms with Crippen LogP contribution in [0.25, 0.3) is 0 Å². The van der Waals surface area contributed by atoms with Gasteiger partial charge in [0.25, 0.3) is 10.0 Å².